The van der Waals surface area contributed by atoms with E-state index in [9.17, 15) is 4.79 Å². The van der Waals surface area contributed by atoms with Gasteiger partial charge in [0.25, 0.3) is 0 Å². The molecule has 0 aliphatic heterocycles. The summed E-state index contributed by atoms with van der Waals surface area (Å²) in [5, 5.41) is 0. The fourth-order valence-electron chi connectivity index (χ4n) is 2.27. The average molecular weight is 230 g/mol. The van der Waals surface area contributed by atoms with Gasteiger partial charge in [-0.2, -0.15) is 0 Å². The fraction of sp³-hybridized carbons (Fsp3) is 0.400. The highest BCUT2D eigenvalue weighted by Crippen LogP contribution is 2.31. The zero-order chi connectivity index (χ0) is 12.1. The zero-order valence-corrected chi connectivity index (χ0v) is 10.2. The highest BCUT2D eigenvalue weighted by Gasteiger charge is 2.19. The molecule has 0 aromatic heterocycles. The number of rotatable bonds is 5. The van der Waals surface area contributed by atoms with Crippen LogP contribution in [0.2, 0.25) is 0 Å². The van der Waals surface area contributed by atoms with Gasteiger partial charge in [0.05, 0.1) is 18.9 Å². The molecule has 90 valence electrons. The van der Waals surface area contributed by atoms with E-state index in [0.29, 0.717) is 5.57 Å². The number of allylic oxidation sites excluding steroid dienone is 1. The summed E-state index contributed by atoms with van der Waals surface area (Å²) in [5.74, 6) is 0.798. The summed E-state index contributed by atoms with van der Waals surface area (Å²) in [7, 11) is 1.57. The molecule has 0 N–H and O–H groups in total. The van der Waals surface area contributed by atoms with Crippen molar-refractivity contribution < 1.29 is 9.53 Å². The van der Waals surface area contributed by atoms with Gasteiger partial charge < -0.3 is 4.74 Å². The van der Waals surface area contributed by atoms with E-state index in [4.69, 9.17) is 4.74 Å². The van der Waals surface area contributed by atoms with Crippen LogP contribution in [0.4, 0.5) is 0 Å². The Balaban J connectivity index is 2.25. The molecule has 1 aromatic carbocycles. The maximum atomic E-state index is 11.1. The number of hydrogen-bond donors (Lipinski definition) is 0. The van der Waals surface area contributed by atoms with Crippen LogP contribution in [-0.4, -0.2) is 13.4 Å². The van der Waals surface area contributed by atoms with Gasteiger partial charge in [0.2, 0.25) is 0 Å². The lowest BCUT2D eigenvalue weighted by Crippen LogP contribution is -2.14. The number of ether oxygens (including phenoxy) is 1. The molecule has 0 radical (unpaired) electrons. The van der Waals surface area contributed by atoms with Gasteiger partial charge in [0.15, 0.2) is 6.29 Å². The lowest BCUT2D eigenvalue weighted by atomic mass is 9.79. The van der Waals surface area contributed by atoms with Crippen LogP contribution in [0.5, 0.6) is 0 Å². The Bertz CT molecular complexity index is 417. The number of methoxy groups -OCH3 is 1. The van der Waals surface area contributed by atoms with Crippen molar-refractivity contribution in [3.05, 3.63) is 41.7 Å². The standard InChI is InChI=1S/C15H18O2/c1-17-11-14(10-16)15-8-3-2-7-13(15)9-12-5-4-6-12/h2-3,7-8,10-12H,4-6,9H2,1H3/b14-11-. The maximum Gasteiger partial charge on any atom is 0.153 e. The Labute approximate surface area is 102 Å². The second-order valence-electron chi connectivity index (χ2n) is 4.58. The third-order valence-electron chi connectivity index (χ3n) is 3.43. The third kappa shape index (κ3) is 2.76. The molecular weight excluding hydrogens is 212 g/mol. The Hall–Kier alpha value is -1.57. The van der Waals surface area contributed by atoms with Gasteiger partial charge in [-0.25, -0.2) is 0 Å². The van der Waals surface area contributed by atoms with Crippen molar-refractivity contribution in [2.24, 2.45) is 5.92 Å². The zero-order valence-electron chi connectivity index (χ0n) is 10.2. The summed E-state index contributed by atoms with van der Waals surface area (Å²) < 4.78 is 4.96. The van der Waals surface area contributed by atoms with E-state index in [1.54, 1.807) is 7.11 Å². The van der Waals surface area contributed by atoms with Crippen molar-refractivity contribution in [1.82, 2.24) is 0 Å². The van der Waals surface area contributed by atoms with Crippen molar-refractivity contribution in [3.63, 3.8) is 0 Å². The average Bonchev–Trinajstić information content (AvgIpc) is 2.31. The molecule has 1 aliphatic carbocycles. The first kappa shape index (κ1) is 11.9. The van der Waals surface area contributed by atoms with Crippen LogP contribution in [0.25, 0.3) is 5.57 Å². The molecular formula is C15H18O2. The number of aldehydes is 1. The lowest BCUT2D eigenvalue weighted by molar-refractivity contribution is -0.103. The number of benzene rings is 1. The van der Waals surface area contributed by atoms with Crippen molar-refractivity contribution in [2.75, 3.05) is 7.11 Å². The van der Waals surface area contributed by atoms with Crippen LogP contribution in [0, 0.1) is 5.92 Å². The molecule has 1 fully saturated rings. The predicted octanol–water partition coefficient (Wildman–Crippen LogP) is 3.22. The molecule has 0 bridgehead atoms. The van der Waals surface area contributed by atoms with Crippen LogP contribution in [0.15, 0.2) is 30.5 Å². The van der Waals surface area contributed by atoms with Crippen LogP contribution in [-0.2, 0) is 16.0 Å². The minimum absolute atomic E-state index is 0.627. The molecule has 2 heteroatoms. The molecule has 17 heavy (non-hydrogen) atoms. The first-order chi connectivity index (χ1) is 8.35. The molecule has 1 aromatic rings. The topological polar surface area (TPSA) is 26.3 Å². The first-order valence-corrected chi connectivity index (χ1v) is 6.11. The van der Waals surface area contributed by atoms with E-state index in [2.05, 4.69) is 6.07 Å². The quantitative estimate of drug-likeness (QED) is 0.441. The lowest BCUT2D eigenvalue weighted by Gasteiger charge is -2.26. The summed E-state index contributed by atoms with van der Waals surface area (Å²) >= 11 is 0. The van der Waals surface area contributed by atoms with Gasteiger partial charge in [-0.3, -0.25) is 4.79 Å². The third-order valence-corrected chi connectivity index (χ3v) is 3.43. The summed E-state index contributed by atoms with van der Waals surface area (Å²) in [6.07, 6.45) is 7.44. The van der Waals surface area contributed by atoms with Crippen LogP contribution in [0.1, 0.15) is 30.4 Å². The van der Waals surface area contributed by atoms with Crippen LogP contribution in [0.3, 0.4) is 0 Å². The molecule has 2 rings (SSSR count). The molecule has 0 spiro atoms. The van der Waals surface area contributed by atoms with Gasteiger partial charge >= 0.3 is 0 Å². The molecule has 0 unspecified atom stereocenters. The summed E-state index contributed by atoms with van der Waals surface area (Å²) in [6.45, 7) is 0. The molecule has 0 amide bonds. The van der Waals surface area contributed by atoms with E-state index in [1.807, 2.05) is 18.2 Å². The van der Waals surface area contributed by atoms with Crippen molar-refractivity contribution >= 4 is 11.9 Å². The normalized spacial score (nSPS) is 16.4. The van der Waals surface area contributed by atoms with E-state index < -0.39 is 0 Å². The van der Waals surface area contributed by atoms with Gasteiger partial charge in [0.1, 0.15) is 0 Å². The summed E-state index contributed by atoms with van der Waals surface area (Å²) in [5.41, 5.74) is 2.89. The maximum absolute atomic E-state index is 11.1. The second kappa shape index (κ2) is 5.67. The van der Waals surface area contributed by atoms with E-state index in [1.165, 1.54) is 31.1 Å². The van der Waals surface area contributed by atoms with Crippen molar-refractivity contribution in [2.45, 2.75) is 25.7 Å². The Kier molecular flexibility index (Phi) is 3.97. The Morgan fingerprint density at radius 2 is 2.18 bits per heavy atom. The minimum atomic E-state index is 0.627. The highest BCUT2D eigenvalue weighted by atomic mass is 16.5. The summed E-state index contributed by atoms with van der Waals surface area (Å²) in [6, 6.07) is 8.10. The first-order valence-electron chi connectivity index (χ1n) is 6.11. The molecule has 0 atom stereocenters. The van der Waals surface area contributed by atoms with Gasteiger partial charge in [-0.1, -0.05) is 43.5 Å². The Morgan fingerprint density at radius 3 is 2.76 bits per heavy atom. The van der Waals surface area contributed by atoms with Crippen LogP contribution >= 0.6 is 0 Å². The molecule has 2 nitrogen and oxygen atoms in total. The van der Waals surface area contributed by atoms with Gasteiger partial charge in [-0.05, 0) is 23.5 Å². The Morgan fingerprint density at radius 1 is 1.41 bits per heavy atom. The molecule has 0 heterocycles. The van der Waals surface area contributed by atoms with E-state index >= 15 is 0 Å². The van der Waals surface area contributed by atoms with Crippen LogP contribution < -0.4 is 0 Å². The monoisotopic (exact) mass is 230 g/mol. The number of carbonyl (C=O) groups is 1. The van der Waals surface area contributed by atoms with Gasteiger partial charge in [0, 0.05) is 0 Å². The summed E-state index contributed by atoms with van der Waals surface area (Å²) in [4.78, 5) is 11.1. The molecule has 1 aliphatic rings. The fourth-order valence-corrected chi connectivity index (χ4v) is 2.27. The number of hydrogen-bond acceptors (Lipinski definition) is 2. The van der Waals surface area contributed by atoms with Crippen molar-refractivity contribution in [1.29, 1.82) is 0 Å². The number of carbonyl (C=O) groups excluding carboxylic acids is 1. The predicted molar refractivity (Wildman–Crippen MR) is 68.5 cm³/mol. The minimum Gasteiger partial charge on any atom is -0.504 e. The van der Waals surface area contributed by atoms with E-state index in [0.717, 1.165) is 24.2 Å². The SMILES string of the molecule is CO/C=C(/C=O)c1ccccc1CC1CCC1. The van der Waals surface area contributed by atoms with Crippen molar-refractivity contribution in [3.8, 4) is 0 Å². The largest absolute Gasteiger partial charge is 0.504 e. The van der Waals surface area contributed by atoms with E-state index in [-0.39, 0.29) is 0 Å². The molecule has 0 saturated heterocycles. The molecule has 1 saturated carbocycles. The smallest absolute Gasteiger partial charge is 0.153 e. The second-order valence-corrected chi connectivity index (χ2v) is 4.58. The van der Waals surface area contributed by atoms with Gasteiger partial charge in [-0.15, -0.1) is 0 Å². The highest BCUT2D eigenvalue weighted by molar-refractivity contribution is 6.07.